The third-order valence-electron chi connectivity index (χ3n) is 7.37. The number of ether oxygens (including phenoxy) is 1. The van der Waals surface area contributed by atoms with Crippen molar-refractivity contribution in [1.82, 2.24) is 5.16 Å². The Morgan fingerprint density at radius 3 is 2.66 bits per heavy atom. The average molecular weight is 516 g/mol. The molecule has 1 saturated heterocycles. The Morgan fingerprint density at radius 2 is 2.00 bits per heavy atom. The number of carbonyl (C=O) groups excluding carboxylic acids is 1. The van der Waals surface area contributed by atoms with Gasteiger partial charge in [0, 0.05) is 41.2 Å². The lowest BCUT2D eigenvalue weighted by molar-refractivity contribution is -0.105. The molecule has 3 aromatic rings. The number of amides is 1. The van der Waals surface area contributed by atoms with E-state index in [9.17, 15) is 9.18 Å². The monoisotopic (exact) mass is 515 g/mol. The van der Waals surface area contributed by atoms with E-state index in [0.29, 0.717) is 57.5 Å². The van der Waals surface area contributed by atoms with Gasteiger partial charge in [0.1, 0.15) is 17.3 Å². The Labute approximate surface area is 212 Å². The fraction of sp³-hybridized carbons (Fsp3) is 0.385. The van der Waals surface area contributed by atoms with Gasteiger partial charge in [0.05, 0.1) is 28.4 Å². The lowest BCUT2D eigenvalue weighted by Crippen LogP contribution is -2.39. The van der Waals surface area contributed by atoms with Gasteiger partial charge in [-0.1, -0.05) is 34.4 Å². The summed E-state index contributed by atoms with van der Waals surface area (Å²) in [6.07, 6.45) is 4.56. The van der Waals surface area contributed by atoms with Gasteiger partial charge < -0.3 is 19.5 Å². The summed E-state index contributed by atoms with van der Waals surface area (Å²) in [6, 6.07) is 10.4. The molecule has 35 heavy (non-hydrogen) atoms. The summed E-state index contributed by atoms with van der Waals surface area (Å²) >= 11 is 12.9. The number of halogens is 3. The lowest BCUT2D eigenvalue weighted by atomic mass is 10.0. The molecule has 182 valence electrons. The number of nitrogens with zero attached hydrogens (tertiary/aromatic N) is 2. The van der Waals surface area contributed by atoms with Crippen LogP contribution < -0.4 is 10.2 Å². The highest BCUT2D eigenvalue weighted by Gasteiger charge is 2.46. The van der Waals surface area contributed by atoms with Crippen molar-refractivity contribution < 1.29 is 18.4 Å². The van der Waals surface area contributed by atoms with Crippen LogP contribution in [0, 0.1) is 11.7 Å². The van der Waals surface area contributed by atoms with E-state index in [1.807, 2.05) is 6.07 Å². The maximum absolute atomic E-state index is 14.7. The summed E-state index contributed by atoms with van der Waals surface area (Å²) in [7, 11) is 0. The molecule has 0 radical (unpaired) electrons. The number of piperidine rings is 1. The van der Waals surface area contributed by atoms with Gasteiger partial charge in [-0.2, -0.15) is 0 Å². The molecule has 9 heteroatoms. The molecule has 0 spiro atoms. The van der Waals surface area contributed by atoms with Crippen LogP contribution in [0.4, 0.5) is 15.8 Å². The minimum atomic E-state index is -0.332. The molecule has 2 aromatic carbocycles. The van der Waals surface area contributed by atoms with Crippen LogP contribution >= 0.6 is 23.2 Å². The van der Waals surface area contributed by atoms with E-state index in [-0.39, 0.29) is 18.0 Å². The second-order valence-corrected chi connectivity index (χ2v) is 10.4. The molecule has 2 heterocycles. The molecule has 1 N–H and O–H groups in total. The highest BCUT2D eigenvalue weighted by atomic mass is 35.5. The molecule has 1 amide bonds. The highest BCUT2D eigenvalue weighted by molar-refractivity contribution is 6.39. The van der Waals surface area contributed by atoms with Crippen LogP contribution in [0.25, 0.3) is 11.3 Å². The largest absolute Gasteiger partial charge is 0.373 e. The normalized spacial score (nSPS) is 23.2. The molecule has 6 rings (SSSR count). The van der Waals surface area contributed by atoms with Crippen LogP contribution in [-0.2, 0) is 16.1 Å². The van der Waals surface area contributed by atoms with Crippen LogP contribution in [0.5, 0.6) is 0 Å². The van der Waals surface area contributed by atoms with Gasteiger partial charge in [-0.05, 0) is 56.0 Å². The molecular weight excluding hydrogens is 492 g/mol. The molecule has 0 unspecified atom stereocenters. The molecular formula is C26H24Cl2FN3O3. The van der Waals surface area contributed by atoms with Crippen molar-refractivity contribution in [3.05, 3.63) is 63.6 Å². The van der Waals surface area contributed by atoms with E-state index in [1.165, 1.54) is 6.07 Å². The summed E-state index contributed by atoms with van der Waals surface area (Å²) in [5, 5.41) is 7.89. The summed E-state index contributed by atoms with van der Waals surface area (Å²) in [4.78, 5) is 12.7. The number of benzene rings is 2. The number of nitrogens with one attached hydrogen (secondary N) is 1. The van der Waals surface area contributed by atoms with Crippen molar-refractivity contribution in [1.29, 1.82) is 0 Å². The predicted octanol–water partition coefficient (Wildman–Crippen LogP) is 6.42. The third kappa shape index (κ3) is 4.20. The second-order valence-electron chi connectivity index (χ2n) is 9.56. The maximum atomic E-state index is 14.7. The van der Waals surface area contributed by atoms with Gasteiger partial charge in [0.2, 0.25) is 6.41 Å². The lowest BCUT2D eigenvalue weighted by Gasteiger charge is -2.33. The summed E-state index contributed by atoms with van der Waals surface area (Å²) < 4.78 is 26.9. The van der Waals surface area contributed by atoms with E-state index in [4.69, 9.17) is 32.5 Å². The molecule has 2 aliphatic carbocycles. The first-order valence-electron chi connectivity index (χ1n) is 11.8. The van der Waals surface area contributed by atoms with Crippen LogP contribution in [0.2, 0.25) is 10.0 Å². The standard InChI is InChI=1S/C26H24Cl2FN3O3/c27-19-2-1-3-20(28)24(19)25-18(26(35-31-25)14-4-5-14)12-34-23-10-17-8-15(23)11-32(17)22-7-6-16(30-13-33)9-21(22)29/h1-3,6-7,9,13-15,17,23H,4-5,8,10-12H2,(H,30,33)/t15-,17-,23+/m0/s1. The Bertz CT molecular complexity index is 1260. The number of anilines is 2. The van der Waals surface area contributed by atoms with Crippen molar-refractivity contribution in [2.75, 3.05) is 16.8 Å². The van der Waals surface area contributed by atoms with Crippen molar-refractivity contribution in [3.63, 3.8) is 0 Å². The highest BCUT2D eigenvalue weighted by Crippen LogP contribution is 2.47. The van der Waals surface area contributed by atoms with Crippen LogP contribution in [0.3, 0.4) is 0 Å². The Balaban J connectivity index is 1.18. The first kappa shape index (κ1) is 22.8. The first-order chi connectivity index (χ1) is 17.0. The first-order valence-corrected chi connectivity index (χ1v) is 12.6. The molecule has 1 aliphatic heterocycles. The smallest absolute Gasteiger partial charge is 0.211 e. The Morgan fingerprint density at radius 1 is 1.20 bits per heavy atom. The molecule has 1 aromatic heterocycles. The number of fused-ring (bicyclic) bond motifs is 2. The number of rotatable bonds is 8. The van der Waals surface area contributed by atoms with E-state index in [1.54, 1.807) is 24.3 Å². The minimum absolute atomic E-state index is 0.0758. The summed E-state index contributed by atoms with van der Waals surface area (Å²) in [5.41, 5.74) is 3.26. The number of hydrogen-bond donors (Lipinski definition) is 1. The van der Waals surface area contributed by atoms with Crippen LogP contribution in [0.1, 0.15) is 42.9 Å². The zero-order chi connectivity index (χ0) is 24.1. The van der Waals surface area contributed by atoms with Crippen molar-refractivity contribution in [2.24, 2.45) is 5.92 Å². The van der Waals surface area contributed by atoms with Gasteiger partial charge in [-0.15, -0.1) is 0 Å². The van der Waals surface area contributed by atoms with Crippen LogP contribution in [-0.4, -0.2) is 30.3 Å². The fourth-order valence-corrected chi connectivity index (χ4v) is 6.12. The van der Waals surface area contributed by atoms with Crippen LogP contribution in [0.15, 0.2) is 40.9 Å². The third-order valence-corrected chi connectivity index (χ3v) is 8.00. The number of hydrogen-bond acceptors (Lipinski definition) is 5. The molecule has 2 saturated carbocycles. The Hall–Kier alpha value is -2.61. The quantitative estimate of drug-likeness (QED) is 0.350. The number of aromatic nitrogens is 1. The van der Waals surface area contributed by atoms with Gasteiger partial charge in [-0.25, -0.2) is 4.39 Å². The van der Waals surface area contributed by atoms with Gasteiger partial charge >= 0.3 is 0 Å². The molecule has 3 aliphatic rings. The minimum Gasteiger partial charge on any atom is -0.373 e. The van der Waals surface area contributed by atoms with Crippen molar-refractivity contribution >= 4 is 41.0 Å². The Kier molecular flexibility index (Phi) is 5.95. The molecule has 3 atom stereocenters. The van der Waals surface area contributed by atoms with Crippen molar-refractivity contribution in [2.45, 2.75) is 50.4 Å². The fourth-order valence-electron chi connectivity index (χ4n) is 5.54. The summed E-state index contributed by atoms with van der Waals surface area (Å²) in [6.45, 7) is 1.11. The van der Waals surface area contributed by atoms with E-state index >= 15 is 0 Å². The molecule has 6 nitrogen and oxygen atoms in total. The zero-order valence-corrected chi connectivity index (χ0v) is 20.4. The molecule has 2 bridgehead atoms. The van der Waals surface area contributed by atoms with E-state index in [2.05, 4.69) is 15.4 Å². The van der Waals surface area contributed by atoms with Crippen molar-refractivity contribution in [3.8, 4) is 11.3 Å². The van der Waals surface area contributed by atoms with Gasteiger partial charge in [0.15, 0.2) is 0 Å². The number of carbonyl (C=O) groups is 1. The van der Waals surface area contributed by atoms with Gasteiger partial charge in [-0.3, -0.25) is 4.79 Å². The van der Waals surface area contributed by atoms with Gasteiger partial charge in [0.25, 0.3) is 0 Å². The second kappa shape index (κ2) is 9.12. The van der Waals surface area contributed by atoms with E-state index in [0.717, 1.165) is 43.6 Å². The topological polar surface area (TPSA) is 67.6 Å². The summed E-state index contributed by atoms with van der Waals surface area (Å²) in [5.74, 6) is 1.21. The van der Waals surface area contributed by atoms with E-state index < -0.39 is 0 Å². The zero-order valence-electron chi connectivity index (χ0n) is 18.8. The molecule has 3 fully saturated rings. The average Bonchev–Trinajstić information content (AvgIpc) is 3.29. The maximum Gasteiger partial charge on any atom is 0.211 e. The SMILES string of the molecule is O=CNc1ccc(N2C[C@@H]3C[C@H]2C[C@H]3OCc2c(-c3c(Cl)cccc3Cl)noc2C2CC2)c(F)c1. The predicted molar refractivity (Wildman–Crippen MR) is 132 cm³/mol.